The molecule has 3 unspecified atom stereocenters. The van der Waals surface area contributed by atoms with Crippen LogP contribution >= 0.6 is 0 Å². The summed E-state index contributed by atoms with van der Waals surface area (Å²) in [6.45, 7) is 10.6. The lowest BCUT2D eigenvalue weighted by Gasteiger charge is -2.12. The first-order valence-corrected chi connectivity index (χ1v) is 8.73. The van der Waals surface area contributed by atoms with E-state index in [-0.39, 0.29) is 5.92 Å². The van der Waals surface area contributed by atoms with Crippen molar-refractivity contribution in [2.24, 2.45) is 17.6 Å². The van der Waals surface area contributed by atoms with Crippen LogP contribution < -0.4 is 5.73 Å². The lowest BCUT2D eigenvalue weighted by molar-refractivity contribution is -0.140. The third-order valence-electron chi connectivity index (χ3n) is 4.55. The van der Waals surface area contributed by atoms with Crippen molar-refractivity contribution in [3.8, 4) is 0 Å². The van der Waals surface area contributed by atoms with Gasteiger partial charge in [-0.2, -0.15) is 0 Å². The average molecular weight is 333 g/mol. The fourth-order valence-electron chi connectivity index (χ4n) is 2.95. The lowest BCUT2D eigenvalue weighted by atomic mass is 9.94. The van der Waals surface area contributed by atoms with Crippen molar-refractivity contribution < 1.29 is 9.90 Å². The molecule has 3 atom stereocenters. The molecule has 1 saturated carbocycles. The van der Waals surface area contributed by atoms with Gasteiger partial charge in [-0.3, -0.25) is 4.79 Å². The Labute approximate surface area is 145 Å². The first-order valence-electron chi connectivity index (χ1n) is 8.73. The molecule has 0 saturated heterocycles. The van der Waals surface area contributed by atoms with E-state index in [1.807, 2.05) is 56.7 Å². The SMILES string of the molecule is C/C=C\C=C(/C)n1cnc(C2(C(=O)O)CC2CC(C)CN)c1.CC. The highest BCUT2D eigenvalue weighted by Crippen LogP contribution is 2.56. The smallest absolute Gasteiger partial charge is 0.316 e. The van der Waals surface area contributed by atoms with Gasteiger partial charge < -0.3 is 15.4 Å². The maximum atomic E-state index is 11.8. The summed E-state index contributed by atoms with van der Waals surface area (Å²) in [5.41, 5.74) is 6.50. The van der Waals surface area contributed by atoms with E-state index in [0.717, 1.165) is 12.1 Å². The molecule has 0 aliphatic heterocycles. The topological polar surface area (TPSA) is 81.1 Å². The highest BCUT2D eigenvalue weighted by Gasteiger charge is 2.62. The van der Waals surface area contributed by atoms with Crippen molar-refractivity contribution in [3.05, 3.63) is 36.4 Å². The monoisotopic (exact) mass is 333 g/mol. The van der Waals surface area contributed by atoms with Gasteiger partial charge in [0, 0.05) is 11.9 Å². The largest absolute Gasteiger partial charge is 0.481 e. The van der Waals surface area contributed by atoms with Crippen LogP contribution in [0.1, 0.15) is 53.2 Å². The van der Waals surface area contributed by atoms with E-state index in [1.165, 1.54) is 0 Å². The van der Waals surface area contributed by atoms with Crippen LogP contribution in [0, 0.1) is 11.8 Å². The number of nitrogens with two attached hydrogens (primary N) is 1. The van der Waals surface area contributed by atoms with Gasteiger partial charge in [0.2, 0.25) is 0 Å². The van der Waals surface area contributed by atoms with Crippen LogP contribution in [0.25, 0.3) is 5.70 Å². The summed E-state index contributed by atoms with van der Waals surface area (Å²) in [6, 6.07) is 0. The summed E-state index contributed by atoms with van der Waals surface area (Å²) in [5, 5.41) is 9.70. The summed E-state index contributed by atoms with van der Waals surface area (Å²) in [4.78, 5) is 16.2. The third-order valence-corrected chi connectivity index (χ3v) is 4.55. The van der Waals surface area contributed by atoms with Crippen LogP contribution in [0.15, 0.2) is 30.8 Å². The number of rotatable bonds is 7. The van der Waals surface area contributed by atoms with Crippen molar-refractivity contribution in [1.82, 2.24) is 9.55 Å². The van der Waals surface area contributed by atoms with Gasteiger partial charge in [0.15, 0.2) is 0 Å². The fraction of sp³-hybridized carbons (Fsp3) is 0.579. The number of carbonyl (C=O) groups is 1. The zero-order chi connectivity index (χ0) is 18.3. The van der Waals surface area contributed by atoms with Crippen LogP contribution in [0.5, 0.6) is 0 Å². The van der Waals surface area contributed by atoms with Gasteiger partial charge in [-0.25, -0.2) is 4.98 Å². The molecule has 0 amide bonds. The molecular weight excluding hydrogens is 302 g/mol. The van der Waals surface area contributed by atoms with E-state index >= 15 is 0 Å². The van der Waals surface area contributed by atoms with Gasteiger partial charge in [-0.05, 0) is 51.1 Å². The second-order valence-corrected chi connectivity index (χ2v) is 6.25. The zero-order valence-electron chi connectivity index (χ0n) is 15.5. The number of nitrogens with zero attached hydrogens (tertiary/aromatic N) is 2. The summed E-state index contributed by atoms with van der Waals surface area (Å²) >= 11 is 0. The summed E-state index contributed by atoms with van der Waals surface area (Å²) in [7, 11) is 0. The molecule has 5 heteroatoms. The van der Waals surface area contributed by atoms with Crippen LogP contribution in [0.2, 0.25) is 0 Å². The standard InChI is InChI=1S/C17H25N3O2.C2H6/c1-4-5-6-13(3)20-10-15(19-11-20)17(16(21)22)8-14(17)7-12(2)9-18;1-2/h4-6,10-12,14H,7-9,18H2,1-3H3,(H,21,22);1-2H3/b5-4-,13-6+;. The minimum Gasteiger partial charge on any atom is -0.481 e. The molecule has 1 fully saturated rings. The van der Waals surface area contributed by atoms with Crippen LogP contribution in [-0.2, 0) is 10.2 Å². The maximum Gasteiger partial charge on any atom is 0.316 e. The quantitative estimate of drug-likeness (QED) is 0.746. The van der Waals surface area contributed by atoms with Crippen LogP contribution in [0.3, 0.4) is 0 Å². The maximum absolute atomic E-state index is 11.8. The number of aromatic nitrogens is 2. The molecule has 1 aromatic rings. The Morgan fingerprint density at radius 1 is 1.58 bits per heavy atom. The van der Waals surface area contributed by atoms with E-state index in [2.05, 4.69) is 11.9 Å². The molecule has 1 aliphatic carbocycles. The highest BCUT2D eigenvalue weighted by molar-refractivity contribution is 5.85. The predicted octanol–water partition coefficient (Wildman–Crippen LogP) is 3.67. The molecule has 0 radical (unpaired) electrons. The number of hydrogen-bond donors (Lipinski definition) is 2. The van der Waals surface area contributed by atoms with E-state index in [9.17, 15) is 9.90 Å². The summed E-state index contributed by atoms with van der Waals surface area (Å²) < 4.78 is 1.88. The van der Waals surface area contributed by atoms with Crippen molar-refractivity contribution >= 4 is 11.7 Å². The Morgan fingerprint density at radius 2 is 2.25 bits per heavy atom. The predicted molar refractivity (Wildman–Crippen MR) is 98.6 cm³/mol. The minimum atomic E-state index is -0.824. The molecule has 1 aliphatic rings. The number of imidazole rings is 1. The summed E-state index contributed by atoms with van der Waals surface area (Å²) in [5.74, 6) is -0.307. The molecule has 0 bridgehead atoms. The lowest BCUT2D eigenvalue weighted by Crippen LogP contribution is -2.24. The molecule has 3 N–H and O–H groups in total. The Hall–Kier alpha value is -1.88. The first kappa shape index (κ1) is 20.2. The van der Waals surface area contributed by atoms with Crippen molar-refractivity contribution in [3.63, 3.8) is 0 Å². The number of aliphatic carboxylic acids is 1. The Bertz CT molecular complexity index is 604. The number of allylic oxidation sites excluding steroid dienone is 4. The van der Waals surface area contributed by atoms with Crippen LogP contribution in [-0.4, -0.2) is 27.2 Å². The Morgan fingerprint density at radius 3 is 2.79 bits per heavy atom. The van der Waals surface area contributed by atoms with E-state index in [0.29, 0.717) is 24.6 Å². The van der Waals surface area contributed by atoms with Crippen molar-refractivity contribution in [1.29, 1.82) is 0 Å². The van der Waals surface area contributed by atoms with Crippen molar-refractivity contribution in [2.75, 3.05) is 6.54 Å². The van der Waals surface area contributed by atoms with E-state index in [4.69, 9.17) is 5.73 Å². The van der Waals surface area contributed by atoms with Crippen molar-refractivity contribution in [2.45, 2.75) is 52.9 Å². The number of carboxylic acids is 1. The molecule has 1 aromatic heterocycles. The Balaban J connectivity index is 0.00000139. The number of carboxylic acid groups (broad SMARTS) is 1. The molecular formula is C19H31N3O2. The highest BCUT2D eigenvalue weighted by atomic mass is 16.4. The molecule has 24 heavy (non-hydrogen) atoms. The van der Waals surface area contributed by atoms with E-state index in [1.54, 1.807) is 6.33 Å². The molecule has 134 valence electrons. The molecule has 0 spiro atoms. The van der Waals surface area contributed by atoms with Gasteiger partial charge >= 0.3 is 5.97 Å². The van der Waals surface area contributed by atoms with Crippen LogP contribution in [0.4, 0.5) is 0 Å². The molecule has 1 heterocycles. The second kappa shape index (κ2) is 8.83. The minimum absolute atomic E-state index is 0.131. The van der Waals surface area contributed by atoms with Gasteiger partial charge in [0.1, 0.15) is 5.41 Å². The third kappa shape index (κ3) is 4.15. The summed E-state index contributed by atoms with van der Waals surface area (Å²) in [6.07, 6.45) is 10.9. The molecule has 2 rings (SSSR count). The number of hydrogen-bond acceptors (Lipinski definition) is 3. The van der Waals surface area contributed by atoms with Gasteiger partial charge in [-0.15, -0.1) is 0 Å². The van der Waals surface area contributed by atoms with Gasteiger partial charge in [-0.1, -0.05) is 32.9 Å². The second-order valence-electron chi connectivity index (χ2n) is 6.25. The van der Waals surface area contributed by atoms with Gasteiger partial charge in [0.25, 0.3) is 0 Å². The normalized spacial score (nSPS) is 24.4. The molecule has 0 aromatic carbocycles. The fourth-order valence-corrected chi connectivity index (χ4v) is 2.95. The molecule has 5 nitrogen and oxygen atoms in total. The average Bonchev–Trinajstić information content (AvgIpc) is 3.09. The van der Waals surface area contributed by atoms with Gasteiger partial charge in [0.05, 0.1) is 12.0 Å². The first-order chi connectivity index (χ1) is 11.5. The Kier molecular flexibility index (Phi) is 7.42. The van der Waals surface area contributed by atoms with E-state index < -0.39 is 11.4 Å². The zero-order valence-corrected chi connectivity index (χ0v) is 15.5.